The van der Waals surface area contributed by atoms with Gasteiger partial charge in [0.1, 0.15) is 11.6 Å². The smallest absolute Gasteiger partial charge is 0.239 e. The van der Waals surface area contributed by atoms with Gasteiger partial charge < -0.3 is 10.4 Å². The van der Waals surface area contributed by atoms with Crippen molar-refractivity contribution in [3.63, 3.8) is 0 Å². The normalized spacial score (nSPS) is 24.9. The number of amides is 1. The molecule has 1 aromatic carbocycles. The van der Waals surface area contributed by atoms with Crippen molar-refractivity contribution in [2.24, 2.45) is 5.92 Å². The molecular weight excluding hydrogens is 378 g/mol. The summed E-state index contributed by atoms with van der Waals surface area (Å²) in [5.41, 5.74) is 1.13. The molecule has 30 heavy (non-hydrogen) atoms. The number of likely N-dealkylation sites (tertiary alicyclic amines) is 1. The fourth-order valence-corrected chi connectivity index (χ4v) is 4.96. The third-order valence-electron chi connectivity index (χ3n) is 6.43. The predicted molar refractivity (Wildman–Crippen MR) is 114 cm³/mol. The summed E-state index contributed by atoms with van der Waals surface area (Å²) in [6, 6.07) is 11.8. The maximum atomic E-state index is 13.0. The fraction of sp³-hybridized carbons (Fsp3) is 0.522. The lowest BCUT2D eigenvalue weighted by atomic mass is 9.78. The van der Waals surface area contributed by atoms with E-state index in [1.54, 1.807) is 4.68 Å². The van der Waals surface area contributed by atoms with Gasteiger partial charge in [0.15, 0.2) is 5.82 Å². The number of carbonyl (C=O) groups excluding carboxylic acids is 1. The van der Waals surface area contributed by atoms with Crippen molar-refractivity contribution in [3.8, 4) is 11.8 Å². The van der Waals surface area contributed by atoms with Gasteiger partial charge >= 0.3 is 0 Å². The number of nitrogens with one attached hydrogen (secondary N) is 1. The third kappa shape index (κ3) is 4.40. The van der Waals surface area contributed by atoms with Crippen molar-refractivity contribution >= 4 is 11.7 Å². The number of hydrogen-bond acceptors (Lipinski definition) is 5. The minimum absolute atomic E-state index is 0.151. The van der Waals surface area contributed by atoms with Crippen LogP contribution in [0.4, 0.5) is 5.82 Å². The molecule has 1 saturated carbocycles. The van der Waals surface area contributed by atoms with Gasteiger partial charge in [0.05, 0.1) is 24.5 Å². The van der Waals surface area contributed by atoms with E-state index in [9.17, 15) is 15.2 Å². The predicted octanol–water partition coefficient (Wildman–Crippen LogP) is 3.09. The highest BCUT2D eigenvalue weighted by Gasteiger charge is 2.36. The first-order valence-corrected chi connectivity index (χ1v) is 10.9. The Morgan fingerprint density at radius 1 is 1.17 bits per heavy atom. The highest BCUT2D eigenvalue weighted by Crippen LogP contribution is 2.34. The van der Waals surface area contributed by atoms with Crippen molar-refractivity contribution < 1.29 is 9.90 Å². The van der Waals surface area contributed by atoms with Crippen LogP contribution in [0.15, 0.2) is 36.5 Å². The lowest BCUT2D eigenvalue weighted by Crippen LogP contribution is -2.51. The first-order chi connectivity index (χ1) is 14.7. The number of benzene rings is 1. The summed E-state index contributed by atoms with van der Waals surface area (Å²) >= 11 is 0. The number of aliphatic hydroxyl groups excluding tert-OH is 1. The van der Waals surface area contributed by atoms with Crippen molar-refractivity contribution in [3.05, 3.63) is 42.1 Å². The lowest BCUT2D eigenvalue weighted by Gasteiger charge is -2.43. The van der Waals surface area contributed by atoms with E-state index < -0.39 is 0 Å². The maximum Gasteiger partial charge on any atom is 0.239 e. The Hall–Kier alpha value is -2.69. The molecule has 2 fully saturated rings. The minimum Gasteiger partial charge on any atom is -0.393 e. The van der Waals surface area contributed by atoms with E-state index >= 15 is 0 Å². The van der Waals surface area contributed by atoms with Crippen LogP contribution in [0.3, 0.4) is 0 Å². The highest BCUT2D eigenvalue weighted by molar-refractivity contribution is 5.93. The van der Waals surface area contributed by atoms with E-state index in [1.165, 1.54) is 6.20 Å². The van der Waals surface area contributed by atoms with Crippen molar-refractivity contribution in [1.29, 1.82) is 5.26 Å². The Balaban J connectivity index is 1.49. The van der Waals surface area contributed by atoms with Gasteiger partial charge in [-0.2, -0.15) is 10.4 Å². The van der Waals surface area contributed by atoms with Gasteiger partial charge in [-0.05, 0) is 44.4 Å². The second-order valence-corrected chi connectivity index (χ2v) is 8.36. The van der Waals surface area contributed by atoms with E-state index in [2.05, 4.69) is 21.4 Å². The zero-order valence-electron chi connectivity index (χ0n) is 17.2. The first-order valence-electron chi connectivity index (χ1n) is 10.9. The fourth-order valence-electron chi connectivity index (χ4n) is 4.96. The number of piperidine rings is 1. The molecule has 4 rings (SSSR count). The molecule has 0 spiro atoms. The highest BCUT2D eigenvalue weighted by atomic mass is 16.3. The summed E-state index contributed by atoms with van der Waals surface area (Å²) in [4.78, 5) is 15.2. The SMILES string of the molecule is N#Cc1cnn(-c2ccccc2)c1NC(=O)CN1CCCCC1C1CCCCC1O. The third-order valence-corrected chi connectivity index (χ3v) is 6.43. The molecule has 7 nitrogen and oxygen atoms in total. The van der Waals surface area contributed by atoms with Gasteiger partial charge in [-0.1, -0.05) is 37.5 Å². The Morgan fingerprint density at radius 2 is 1.93 bits per heavy atom. The summed E-state index contributed by atoms with van der Waals surface area (Å²) in [6.45, 7) is 1.13. The number of rotatable bonds is 5. The Bertz CT molecular complexity index is 904. The number of carbonyl (C=O) groups is 1. The zero-order chi connectivity index (χ0) is 20.9. The average molecular weight is 408 g/mol. The van der Waals surface area contributed by atoms with Gasteiger partial charge in [0.25, 0.3) is 0 Å². The number of aromatic nitrogens is 2. The van der Waals surface area contributed by atoms with E-state index in [0.29, 0.717) is 11.4 Å². The van der Waals surface area contributed by atoms with Crippen LogP contribution in [0.2, 0.25) is 0 Å². The summed E-state index contributed by atoms with van der Waals surface area (Å²) in [7, 11) is 0. The largest absolute Gasteiger partial charge is 0.393 e. The van der Waals surface area contributed by atoms with E-state index in [1.807, 2.05) is 30.3 Å². The Morgan fingerprint density at radius 3 is 2.70 bits per heavy atom. The molecule has 0 radical (unpaired) electrons. The van der Waals surface area contributed by atoms with Gasteiger partial charge in [-0.15, -0.1) is 0 Å². The molecule has 1 aliphatic heterocycles. The molecule has 2 aromatic rings. The minimum atomic E-state index is -0.267. The van der Waals surface area contributed by atoms with Crippen LogP contribution < -0.4 is 5.32 Å². The standard InChI is InChI=1S/C23H29N5O2/c24-14-17-15-25-28(18-8-2-1-3-9-18)23(17)26-22(30)16-27-13-7-6-11-20(27)19-10-4-5-12-21(19)29/h1-3,8-9,15,19-21,29H,4-7,10-13,16H2,(H,26,30). The molecule has 2 aliphatic rings. The molecule has 3 atom stereocenters. The number of para-hydroxylation sites is 1. The van der Waals surface area contributed by atoms with Gasteiger partial charge in [0.2, 0.25) is 5.91 Å². The number of nitriles is 1. The number of anilines is 1. The molecule has 1 aliphatic carbocycles. The van der Waals surface area contributed by atoms with Crippen LogP contribution in [0.1, 0.15) is 50.5 Å². The number of hydrogen-bond donors (Lipinski definition) is 2. The molecule has 1 amide bonds. The van der Waals surface area contributed by atoms with Crippen LogP contribution in [0, 0.1) is 17.2 Å². The molecule has 1 saturated heterocycles. The number of aliphatic hydroxyl groups is 1. The summed E-state index contributed by atoms with van der Waals surface area (Å²) in [5.74, 6) is 0.498. The second-order valence-electron chi connectivity index (χ2n) is 8.36. The summed E-state index contributed by atoms with van der Waals surface area (Å²) in [6.07, 6.45) is 8.59. The second kappa shape index (κ2) is 9.41. The Kier molecular flexibility index (Phi) is 6.46. The summed E-state index contributed by atoms with van der Waals surface area (Å²) < 4.78 is 1.59. The van der Waals surface area contributed by atoms with Crippen molar-refractivity contribution in [2.75, 3.05) is 18.4 Å². The van der Waals surface area contributed by atoms with Gasteiger partial charge in [-0.25, -0.2) is 4.68 Å². The zero-order valence-corrected chi connectivity index (χ0v) is 17.2. The van der Waals surface area contributed by atoms with Crippen molar-refractivity contribution in [2.45, 2.75) is 57.1 Å². The molecule has 158 valence electrons. The van der Waals surface area contributed by atoms with E-state index in [-0.39, 0.29) is 30.5 Å². The monoisotopic (exact) mass is 407 g/mol. The van der Waals surface area contributed by atoms with Crippen LogP contribution >= 0.6 is 0 Å². The van der Waals surface area contributed by atoms with E-state index in [4.69, 9.17) is 0 Å². The van der Waals surface area contributed by atoms with Gasteiger partial charge in [0, 0.05) is 12.0 Å². The molecule has 3 unspecified atom stereocenters. The summed E-state index contributed by atoms with van der Waals surface area (Å²) in [5, 5.41) is 27.2. The van der Waals surface area contributed by atoms with Crippen molar-refractivity contribution in [1.82, 2.24) is 14.7 Å². The van der Waals surface area contributed by atoms with Crippen LogP contribution in [-0.4, -0.2) is 50.9 Å². The molecular formula is C23H29N5O2. The van der Waals surface area contributed by atoms with Crippen LogP contribution in [-0.2, 0) is 4.79 Å². The maximum absolute atomic E-state index is 13.0. The first kappa shape index (κ1) is 20.6. The van der Waals surface area contributed by atoms with Gasteiger partial charge in [-0.3, -0.25) is 9.69 Å². The quantitative estimate of drug-likeness (QED) is 0.794. The Labute approximate surface area is 177 Å². The average Bonchev–Trinajstić information content (AvgIpc) is 3.17. The molecule has 0 bridgehead atoms. The topological polar surface area (TPSA) is 94.2 Å². The molecule has 2 heterocycles. The van der Waals surface area contributed by atoms with E-state index in [0.717, 1.165) is 57.2 Å². The lowest BCUT2D eigenvalue weighted by molar-refractivity contribution is -0.119. The van der Waals surface area contributed by atoms with Crippen LogP contribution in [0.25, 0.3) is 5.69 Å². The van der Waals surface area contributed by atoms with Crippen LogP contribution in [0.5, 0.6) is 0 Å². The number of nitrogens with zero attached hydrogens (tertiary/aromatic N) is 4. The molecule has 2 N–H and O–H groups in total. The molecule has 7 heteroatoms. The molecule has 1 aromatic heterocycles.